The van der Waals surface area contributed by atoms with Crippen molar-refractivity contribution < 1.29 is 15.6 Å². The van der Waals surface area contributed by atoms with Crippen LogP contribution in [0.3, 0.4) is 0 Å². The van der Waals surface area contributed by atoms with Gasteiger partial charge in [0.15, 0.2) is 0 Å². The van der Waals surface area contributed by atoms with Crippen LogP contribution in [0.25, 0.3) is 34.4 Å². The molecule has 0 radical (unpaired) electrons. The Hall–Kier alpha value is -1.96. The third kappa shape index (κ3) is 5.64. The summed E-state index contributed by atoms with van der Waals surface area (Å²) in [5.74, 6) is -1.60. The second-order valence-electron chi connectivity index (χ2n) is 14.2. The number of fused-ring (bicyclic) bond motifs is 2. The number of benzene rings is 4. The number of unbranched alkanes of at least 4 members (excludes halogenated alkanes) is 2. The van der Waals surface area contributed by atoms with E-state index in [9.17, 15) is 0 Å². The molecule has 0 spiro atoms. The first kappa shape index (κ1) is 33.9. The maximum atomic E-state index is 8.59. The van der Waals surface area contributed by atoms with Crippen LogP contribution in [0.5, 0.6) is 0 Å². The molecule has 4 aromatic rings. The van der Waals surface area contributed by atoms with E-state index in [4.69, 9.17) is 17.0 Å². The van der Waals surface area contributed by atoms with E-state index in [-0.39, 0.29) is 7.25 Å². The molecule has 2 aliphatic carbocycles. The van der Waals surface area contributed by atoms with Gasteiger partial charge < -0.3 is 0 Å². The number of hydrogen-bond acceptors (Lipinski definition) is 0. The molecule has 0 amide bonds. The molecule has 2 unspecified atom stereocenters. The normalized spacial score (nSPS) is 18.2. The van der Waals surface area contributed by atoms with E-state index < -0.39 is 21.5 Å². The zero-order chi connectivity index (χ0) is 32.7. The third-order valence-corrected chi connectivity index (χ3v) is 63.2. The van der Waals surface area contributed by atoms with Crippen LogP contribution in [0, 0.1) is 0 Å². The molecule has 0 heterocycles. The fourth-order valence-electron chi connectivity index (χ4n) is 8.63. The monoisotopic (exact) mass is 741 g/mol. The molecule has 0 bridgehead atoms. The van der Waals surface area contributed by atoms with Crippen LogP contribution >= 0.6 is 17.0 Å². The summed E-state index contributed by atoms with van der Waals surface area (Å²) < 4.78 is 0.210. The molecular formula is C42H49Cl2SiZr. The Kier molecular flexibility index (Phi) is 9.96. The fraction of sp³-hybridized carbons (Fsp3) is 0.333. The summed E-state index contributed by atoms with van der Waals surface area (Å²) in [4.78, 5) is 0. The first-order chi connectivity index (χ1) is 22.1. The van der Waals surface area contributed by atoms with E-state index in [0.717, 1.165) is 12.8 Å². The predicted octanol–water partition coefficient (Wildman–Crippen LogP) is 13.3. The average molecular weight is 744 g/mol. The topological polar surface area (TPSA) is 0 Å². The standard InChI is InChI=1S/2C20H21.C2H7Si.2ClH.Zr/c2*1-3-4-8-17-11-12-18-13-15(2)14-19(18)20(17)16-9-6-5-7-10-16;1-3-2;;;/h2*5-7,9-14H,3-4,8H2,1-2H3;3H,1-2H3;2*1H;/q;;;;;+2/p-2. The van der Waals surface area contributed by atoms with E-state index in [1.165, 1.54) is 92.5 Å². The Labute approximate surface area is 286 Å². The molecule has 2 aliphatic rings. The van der Waals surface area contributed by atoms with Crippen molar-refractivity contribution >= 4 is 35.1 Å². The van der Waals surface area contributed by atoms with Crippen LogP contribution < -0.4 is 0 Å². The summed E-state index contributed by atoms with van der Waals surface area (Å²) in [6, 6.07) is 31.6. The Morgan fingerprint density at radius 2 is 0.978 bits per heavy atom. The van der Waals surface area contributed by atoms with Gasteiger partial charge in [0.1, 0.15) is 0 Å². The van der Waals surface area contributed by atoms with Crippen molar-refractivity contribution in [2.45, 2.75) is 86.6 Å². The zero-order valence-corrected chi connectivity index (χ0v) is 33.6. The molecule has 4 heteroatoms. The van der Waals surface area contributed by atoms with Crippen molar-refractivity contribution in [2.75, 3.05) is 0 Å². The number of hydrogen-bond donors (Lipinski definition) is 0. The minimum atomic E-state index is -4.76. The van der Waals surface area contributed by atoms with Gasteiger partial charge in [-0.05, 0) is 0 Å². The van der Waals surface area contributed by atoms with Crippen LogP contribution in [0.1, 0.15) is 94.0 Å². The van der Waals surface area contributed by atoms with Gasteiger partial charge in [-0.3, -0.25) is 0 Å². The molecule has 2 atom stereocenters. The van der Waals surface area contributed by atoms with E-state index in [1.807, 2.05) is 0 Å². The summed E-state index contributed by atoms with van der Waals surface area (Å²) in [6.07, 6.45) is 11.8. The van der Waals surface area contributed by atoms with Gasteiger partial charge in [0.2, 0.25) is 0 Å². The molecule has 0 nitrogen and oxygen atoms in total. The summed E-state index contributed by atoms with van der Waals surface area (Å²) in [5.41, 5.74) is 16.4. The molecule has 0 fully saturated rings. The minimum absolute atomic E-state index is 0.105. The van der Waals surface area contributed by atoms with Gasteiger partial charge in [-0.2, -0.15) is 0 Å². The van der Waals surface area contributed by atoms with Crippen LogP contribution in [0.15, 0.2) is 96.1 Å². The first-order valence-electron chi connectivity index (χ1n) is 17.5. The van der Waals surface area contributed by atoms with Gasteiger partial charge in [-0.15, -0.1) is 0 Å². The van der Waals surface area contributed by atoms with Crippen molar-refractivity contribution in [1.29, 1.82) is 0 Å². The van der Waals surface area contributed by atoms with Crippen molar-refractivity contribution in [3.05, 3.63) is 129 Å². The van der Waals surface area contributed by atoms with Crippen LogP contribution in [-0.4, -0.2) is 5.92 Å². The van der Waals surface area contributed by atoms with Gasteiger partial charge in [0.25, 0.3) is 0 Å². The molecule has 0 aliphatic heterocycles. The third-order valence-electron chi connectivity index (χ3n) is 10.9. The predicted molar refractivity (Wildman–Crippen MR) is 204 cm³/mol. The molecule has 0 saturated carbocycles. The van der Waals surface area contributed by atoms with E-state index in [2.05, 4.69) is 138 Å². The SMILES string of the molecule is CCCCc1ccc2c(c1-c1ccccc1)C=C(C)[CH]2[Zr]([Cl])([Cl])([CH]1C(C)=Cc2c1ccc(CCCC)c2-c1ccccc1)[SiH](C)C. The number of rotatable bonds is 11. The van der Waals surface area contributed by atoms with Gasteiger partial charge in [-0.1, -0.05) is 0 Å². The van der Waals surface area contributed by atoms with E-state index in [1.54, 1.807) is 0 Å². The number of aryl methyl sites for hydroxylation is 2. The molecule has 46 heavy (non-hydrogen) atoms. The second kappa shape index (κ2) is 13.5. The summed E-state index contributed by atoms with van der Waals surface area (Å²) in [6.45, 7) is 14.1. The summed E-state index contributed by atoms with van der Waals surface area (Å²) >= 11 is -4.76. The quantitative estimate of drug-likeness (QED) is 0.134. The van der Waals surface area contributed by atoms with Gasteiger partial charge in [-0.25, -0.2) is 0 Å². The van der Waals surface area contributed by atoms with E-state index >= 15 is 0 Å². The second-order valence-corrected chi connectivity index (χ2v) is 56.7. The van der Waals surface area contributed by atoms with E-state index in [0.29, 0.717) is 0 Å². The molecule has 6 rings (SSSR count). The fourth-order valence-corrected chi connectivity index (χ4v) is 41.5. The molecular weight excluding hydrogens is 695 g/mol. The molecule has 0 saturated heterocycles. The van der Waals surface area contributed by atoms with Gasteiger partial charge >= 0.3 is 289 Å². The molecule has 4 aromatic carbocycles. The Balaban J connectivity index is 1.56. The first-order valence-corrected chi connectivity index (χ1v) is 33.8. The zero-order valence-electron chi connectivity index (χ0n) is 28.5. The maximum absolute atomic E-state index is 8.59. The van der Waals surface area contributed by atoms with Gasteiger partial charge in [0, 0.05) is 0 Å². The van der Waals surface area contributed by atoms with Crippen LogP contribution in [0.4, 0.5) is 0 Å². The molecule has 0 N–H and O–H groups in total. The Morgan fingerprint density at radius 3 is 1.33 bits per heavy atom. The van der Waals surface area contributed by atoms with Crippen molar-refractivity contribution in [2.24, 2.45) is 0 Å². The summed E-state index contributed by atoms with van der Waals surface area (Å²) in [7, 11) is 17.2. The average Bonchev–Trinajstić information content (AvgIpc) is 3.59. The number of allylic oxidation sites excluding steroid dienone is 2. The van der Waals surface area contributed by atoms with Gasteiger partial charge in [0.05, 0.1) is 0 Å². The van der Waals surface area contributed by atoms with Crippen molar-refractivity contribution in [3.63, 3.8) is 0 Å². The van der Waals surface area contributed by atoms with Crippen LogP contribution in [-0.2, 0) is 28.4 Å². The van der Waals surface area contributed by atoms with Crippen molar-refractivity contribution in [3.8, 4) is 22.3 Å². The Bertz CT molecular complexity index is 1680. The molecule has 239 valence electrons. The number of halogens is 2. The summed E-state index contributed by atoms with van der Waals surface area (Å²) in [5, 5.41) is 0. The van der Waals surface area contributed by atoms with Crippen LogP contribution in [0.2, 0.25) is 13.1 Å². The molecule has 0 aromatic heterocycles. The van der Waals surface area contributed by atoms with Crippen molar-refractivity contribution in [1.82, 2.24) is 0 Å². The Morgan fingerprint density at radius 1 is 0.587 bits per heavy atom.